The molecule has 2 aliphatic heterocycles. The molecule has 2 saturated heterocycles. The molecule has 2 aromatic rings. The molecule has 0 spiro atoms. The van der Waals surface area contributed by atoms with Crippen LogP contribution < -0.4 is 10.2 Å². The first-order valence-corrected chi connectivity index (χ1v) is 15.5. The van der Waals surface area contributed by atoms with Crippen LogP contribution in [0.2, 0.25) is 0 Å². The van der Waals surface area contributed by atoms with Gasteiger partial charge in [0.15, 0.2) is 0 Å². The topological polar surface area (TPSA) is 159 Å². The first-order chi connectivity index (χ1) is 22.2. The number of amides is 3. The molecule has 3 N–H and O–H groups in total. The number of piperidine rings is 1. The predicted molar refractivity (Wildman–Crippen MR) is 166 cm³/mol. The number of hydrogen-bond donors (Lipinski definition) is 3. The number of nitrogens with one attached hydrogen (secondary N) is 1. The molecule has 12 nitrogen and oxygen atoms in total. The lowest BCUT2D eigenvalue weighted by Crippen LogP contribution is -2.55. The van der Waals surface area contributed by atoms with Crippen LogP contribution in [0.3, 0.4) is 0 Å². The van der Waals surface area contributed by atoms with Crippen molar-refractivity contribution in [3.05, 3.63) is 58.9 Å². The van der Waals surface area contributed by atoms with E-state index in [-0.39, 0.29) is 17.9 Å². The van der Waals surface area contributed by atoms with E-state index in [2.05, 4.69) is 4.98 Å². The summed E-state index contributed by atoms with van der Waals surface area (Å²) in [4.78, 5) is 55.8. The Bertz CT molecular complexity index is 1450. The lowest BCUT2D eigenvalue weighted by molar-refractivity contribution is -0.192. The van der Waals surface area contributed by atoms with Gasteiger partial charge in [0.25, 0.3) is 5.91 Å². The minimum Gasteiger partial charge on any atom is -0.489 e. The average Bonchev–Trinajstić information content (AvgIpc) is 3.29. The zero-order chi connectivity index (χ0) is 36.0. The molecule has 48 heavy (non-hydrogen) atoms. The van der Waals surface area contributed by atoms with Gasteiger partial charge in [-0.1, -0.05) is 12.1 Å². The van der Waals surface area contributed by atoms with Crippen molar-refractivity contribution in [1.29, 1.82) is 0 Å². The number of aromatic nitrogens is 1. The van der Waals surface area contributed by atoms with Crippen molar-refractivity contribution >= 4 is 23.9 Å². The molecular weight excluding hydrogens is 637 g/mol. The van der Waals surface area contributed by atoms with Crippen LogP contribution in [0.25, 0.3) is 0 Å². The normalized spacial score (nSPS) is 19.2. The van der Waals surface area contributed by atoms with Gasteiger partial charge in [-0.2, -0.15) is 13.2 Å². The van der Waals surface area contributed by atoms with Crippen LogP contribution in [0.4, 0.5) is 18.0 Å². The van der Waals surface area contributed by atoms with Gasteiger partial charge in [-0.05, 0) is 102 Å². The monoisotopic (exact) mass is 680 g/mol. The summed E-state index contributed by atoms with van der Waals surface area (Å²) in [7, 11) is 0. The quantitative estimate of drug-likeness (QED) is 0.273. The first kappa shape index (κ1) is 38.1. The Morgan fingerprint density at radius 2 is 1.58 bits per heavy atom. The van der Waals surface area contributed by atoms with Crippen LogP contribution in [-0.4, -0.2) is 86.4 Å². The summed E-state index contributed by atoms with van der Waals surface area (Å²) < 4.78 is 43.2. The zero-order valence-corrected chi connectivity index (χ0v) is 27.9. The summed E-state index contributed by atoms with van der Waals surface area (Å²) in [5.41, 5.74) is 4.13. The highest BCUT2D eigenvalue weighted by Gasteiger charge is 2.50. The van der Waals surface area contributed by atoms with E-state index in [1.54, 1.807) is 15.3 Å². The third-order valence-corrected chi connectivity index (χ3v) is 8.22. The number of hydrogen-bond acceptors (Lipinski definition) is 8. The number of carbonyl (C=O) groups is 4. The van der Waals surface area contributed by atoms with Gasteiger partial charge in [-0.15, -0.1) is 0 Å². The largest absolute Gasteiger partial charge is 0.490 e. The molecule has 0 saturated carbocycles. The summed E-state index contributed by atoms with van der Waals surface area (Å²) in [6.07, 6.45) is -3.91. The number of pyridine rings is 1. The molecule has 264 valence electrons. The fourth-order valence-electron chi connectivity index (χ4n) is 5.89. The van der Waals surface area contributed by atoms with E-state index < -0.39 is 35.1 Å². The third kappa shape index (κ3) is 9.81. The molecule has 3 heterocycles. The molecule has 15 heteroatoms. The zero-order valence-electron chi connectivity index (χ0n) is 27.9. The highest BCUT2D eigenvalue weighted by Crippen LogP contribution is 2.39. The number of rotatable bonds is 7. The Morgan fingerprint density at radius 3 is 2.06 bits per heavy atom. The van der Waals surface area contributed by atoms with E-state index in [0.29, 0.717) is 51.3 Å². The molecule has 0 aliphatic carbocycles. The molecule has 2 atom stereocenters. The Balaban J connectivity index is 0.000000804. The van der Waals surface area contributed by atoms with Gasteiger partial charge < -0.3 is 24.4 Å². The molecule has 2 aliphatic rings. The number of aliphatic carboxylic acids is 1. The number of halogens is 3. The number of aryl methyl sites for hydroxylation is 2. The Kier molecular flexibility index (Phi) is 12.1. The van der Waals surface area contributed by atoms with Crippen molar-refractivity contribution in [3.8, 4) is 5.75 Å². The van der Waals surface area contributed by atoms with E-state index in [1.165, 1.54) is 0 Å². The fraction of sp³-hybridized carbons (Fsp3) is 0.545. The summed E-state index contributed by atoms with van der Waals surface area (Å²) >= 11 is 0. The first-order valence-electron chi connectivity index (χ1n) is 15.5. The Morgan fingerprint density at radius 1 is 1.04 bits per heavy atom. The van der Waals surface area contributed by atoms with Crippen molar-refractivity contribution in [2.75, 3.05) is 19.6 Å². The van der Waals surface area contributed by atoms with E-state index in [1.807, 2.05) is 77.9 Å². The minimum absolute atomic E-state index is 0.155. The number of carbonyl (C=O) groups excluding carboxylic acids is 3. The second-order valence-corrected chi connectivity index (χ2v) is 13.2. The highest BCUT2D eigenvalue weighted by atomic mass is 19.4. The summed E-state index contributed by atoms with van der Waals surface area (Å²) in [5.74, 6) is -3.03. The van der Waals surface area contributed by atoms with Crippen molar-refractivity contribution in [3.63, 3.8) is 0 Å². The summed E-state index contributed by atoms with van der Waals surface area (Å²) in [5, 5.41) is 16.7. The second-order valence-electron chi connectivity index (χ2n) is 13.2. The molecular formula is C33H43F3N4O8. The predicted octanol–water partition coefficient (Wildman–Crippen LogP) is 4.92. The van der Waals surface area contributed by atoms with E-state index >= 15 is 0 Å². The molecule has 2 fully saturated rings. The lowest BCUT2D eigenvalue weighted by Gasteiger charge is -2.39. The maximum Gasteiger partial charge on any atom is 0.490 e. The fourth-order valence-corrected chi connectivity index (χ4v) is 5.89. The molecule has 1 aromatic heterocycles. The highest BCUT2D eigenvalue weighted by molar-refractivity contribution is 5.94. The van der Waals surface area contributed by atoms with Gasteiger partial charge in [0.1, 0.15) is 24.0 Å². The maximum atomic E-state index is 13.9. The second kappa shape index (κ2) is 15.2. The third-order valence-electron chi connectivity index (χ3n) is 8.22. The van der Waals surface area contributed by atoms with Crippen molar-refractivity contribution in [2.45, 2.75) is 90.6 Å². The number of likely N-dealkylation sites (tertiary alicyclic amines) is 2. The number of benzene rings is 1. The Labute approximate surface area is 277 Å². The molecule has 1 aromatic carbocycles. The molecule has 3 amide bonds. The number of nitrogens with zero attached hydrogens (tertiary/aromatic N) is 3. The van der Waals surface area contributed by atoms with Crippen LogP contribution in [0.5, 0.6) is 5.75 Å². The van der Waals surface area contributed by atoms with Crippen LogP contribution in [0, 0.1) is 19.8 Å². The smallest absolute Gasteiger partial charge is 0.489 e. The van der Waals surface area contributed by atoms with Gasteiger partial charge in [0.05, 0.1) is 5.41 Å². The average molecular weight is 681 g/mol. The van der Waals surface area contributed by atoms with Crippen LogP contribution in [-0.2, 0) is 31.1 Å². The van der Waals surface area contributed by atoms with Crippen LogP contribution >= 0.6 is 0 Å². The van der Waals surface area contributed by atoms with Crippen molar-refractivity contribution in [2.24, 2.45) is 5.92 Å². The Hall–Kier alpha value is -4.40. The SMILES string of the molecule is Cc1cc(COc2ccc(C3(C)CCN([C@@H](C(=O)NO)C4CCN(C(=O)OC(C)(C)C)CC4)C3=O)cc2)cc(C)n1.O=C(O)C(F)(F)F. The van der Waals surface area contributed by atoms with Crippen molar-refractivity contribution < 1.29 is 52.1 Å². The van der Waals surface area contributed by atoms with Gasteiger partial charge >= 0.3 is 18.2 Å². The summed E-state index contributed by atoms with van der Waals surface area (Å²) in [6.45, 7) is 12.9. The number of ether oxygens (including phenoxy) is 2. The van der Waals surface area contributed by atoms with Crippen LogP contribution in [0.15, 0.2) is 36.4 Å². The van der Waals surface area contributed by atoms with Gasteiger partial charge in [-0.3, -0.25) is 19.8 Å². The molecule has 0 bridgehead atoms. The number of carboxylic acids is 1. The summed E-state index contributed by atoms with van der Waals surface area (Å²) in [6, 6.07) is 10.7. The number of alkyl halides is 3. The van der Waals surface area contributed by atoms with Gasteiger partial charge in [0, 0.05) is 31.0 Å². The van der Waals surface area contributed by atoms with E-state index in [4.69, 9.17) is 19.4 Å². The van der Waals surface area contributed by atoms with Crippen molar-refractivity contribution in [1.82, 2.24) is 20.3 Å². The van der Waals surface area contributed by atoms with E-state index in [9.17, 15) is 32.8 Å². The standard InChI is InChI=1S/C31H42N4O6.C2HF3O2/c1-20-17-22(18-21(2)32-20)19-40-25-9-7-24(8-10-25)31(6)13-16-35(28(31)37)26(27(36)33-39)23-11-14-34(15-12-23)29(38)41-30(3,4)5;3-2(4,5)1(6)7/h7-10,17-18,23,26,39H,11-16,19H2,1-6H3,(H,33,36);(H,6,7)/t26-,31?;/m1./s1. The van der Waals surface area contributed by atoms with Gasteiger partial charge in [0.2, 0.25) is 5.91 Å². The van der Waals surface area contributed by atoms with E-state index in [0.717, 1.165) is 22.5 Å². The van der Waals surface area contributed by atoms with Gasteiger partial charge in [-0.25, -0.2) is 15.1 Å². The molecule has 4 rings (SSSR count). The molecule has 0 radical (unpaired) electrons. The molecule has 1 unspecified atom stereocenters. The maximum absolute atomic E-state index is 13.9. The number of carboxylic acid groups (broad SMARTS) is 1. The lowest BCUT2D eigenvalue weighted by atomic mass is 9.80. The number of hydroxylamine groups is 1. The van der Waals surface area contributed by atoms with Crippen LogP contribution in [0.1, 0.15) is 69.5 Å². The minimum atomic E-state index is -5.08.